The van der Waals surface area contributed by atoms with Crippen LogP contribution in [0.4, 0.5) is 11.4 Å². The summed E-state index contributed by atoms with van der Waals surface area (Å²) in [5.74, 6) is 5.17. The number of anilines is 1. The first-order valence-corrected chi connectivity index (χ1v) is 3.70. The van der Waals surface area contributed by atoms with Gasteiger partial charge in [0.2, 0.25) is 0 Å². The summed E-state index contributed by atoms with van der Waals surface area (Å²) in [7, 11) is 0. The van der Waals surface area contributed by atoms with Crippen molar-refractivity contribution in [3.63, 3.8) is 0 Å². The topological polar surface area (TPSA) is 42.4 Å². The molecule has 0 fully saturated rings. The van der Waals surface area contributed by atoms with Crippen LogP contribution in [0.25, 0.3) is 4.85 Å². The van der Waals surface area contributed by atoms with Crippen molar-refractivity contribution < 1.29 is 0 Å². The molecule has 0 spiro atoms. The van der Waals surface area contributed by atoms with Crippen LogP contribution >= 0.6 is 15.9 Å². The Morgan fingerprint density at radius 3 is 2.73 bits per heavy atom. The maximum absolute atomic E-state index is 6.75. The van der Waals surface area contributed by atoms with E-state index in [1.165, 1.54) is 0 Å². The minimum atomic E-state index is 0.562. The van der Waals surface area contributed by atoms with Crippen molar-refractivity contribution in [3.8, 4) is 0 Å². The molecule has 56 valence electrons. The summed E-state index contributed by atoms with van der Waals surface area (Å²) in [6, 6.07) is 5.21. The molecule has 0 atom stereocenters. The fourth-order valence-electron chi connectivity index (χ4n) is 0.722. The van der Waals surface area contributed by atoms with Gasteiger partial charge in [0.05, 0.1) is 6.57 Å². The maximum atomic E-state index is 6.75. The van der Waals surface area contributed by atoms with Crippen LogP contribution in [0.15, 0.2) is 22.7 Å². The van der Waals surface area contributed by atoms with Crippen LogP contribution in [-0.2, 0) is 0 Å². The summed E-state index contributed by atoms with van der Waals surface area (Å²) < 4.78 is 0.846. The highest BCUT2D eigenvalue weighted by Crippen LogP contribution is 2.24. The number of hydrogen-bond donors (Lipinski definition) is 2. The van der Waals surface area contributed by atoms with Gasteiger partial charge in [-0.2, -0.15) is 0 Å². The van der Waals surface area contributed by atoms with Gasteiger partial charge in [-0.3, -0.25) is 5.84 Å². The Bertz CT molecular complexity index is 303. The summed E-state index contributed by atoms with van der Waals surface area (Å²) >= 11 is 3.26. The van der Waals surface area contributed by atoms with E-state index in [0.717, 1.165) is 10.2 Å². The summed E-state index contributed by atoms with van der Waals surface area (Å²) in [6.07, 6.45) is 0. The van der Waals surface area contributed by atoms with Gasteiger partial charge < -0.3 is 5.43 Å². The average Bonchev–Trinajstić information content (AvgIpc) is 2.03. The molecular weight excluding hydrogens is 206 g/mol. The molecule has 3 nitrogen and oxygen atoms in total. The van der Waals surface area contributed by atoms with E-state index < -0.39 is 0 Å². The summed E-state index contributed by atoms with van der Waals surface area (Å²) in [5.41, 5.74) is 3.76. The van der Waals surface area contributed by atoms with Gasteiger partial charge in [-0.05, 0) is 18.2 Å². The Kier molecular flexibility index (Phi) is 2.47. The quantitative estimate of drug-likeness (QED) is 0.426. The van der Waals surface area contributed by atoms with E-state index >= 15 is 0 Å². The summed E-state index contributed by atoms with van der Waals surface area (Å²) in [4.78, 5) is 3.26. The molecule has 4 heteroatoms. The third-order valence-electron chi connectivity index (χ3n) is 1.18. The number of hydrazine groups is 1. The highest BCUT2D eigenvalue weighted by Gasteiger charge is 1.95. The Balaban J connectivity index is 3.15. The lowest BCUT2D eigenvalue weighted by Gasteiger charge is -2.00. The van der Waals surface area contributed by atoms with E-state index in [-0.39, 0.29) is 0 Å². The molecular formula is C7H6BrN3. The molecule has 0 aromatic heterocycles. The largest absolute Gasteiger partial charge is 0.325 e. The first kappa shape index (κ1) is 8.05. The number of nitrogens with two attached hydrogens (primary N) is 1. The number of nitrogens with zero attached hydrogens (tertiary/aromatic N) is 1. The Morgan fingerprint density at radius 2 is 2.18 bits per heavy atom. The Hall–Kier alpha value is -1.05. The summed E-state index contributed by atoms with van der Waals surface area (Å²) in [5, 5.41) is 0. The molecule has 0 amide bonds. The zero-order valence-corrected chi connectivity index (χ0v) is 7.22. The summed E-state index contributed by atoms with van der Waals surface area (Å²) in [6.45, 7) is 6.75. The molecule has 1 aromatic rings. The van der Waals surface area contributed by atoms with Crippen molar-refractivity contribution in [1.29, 1.82) is 0 Å². The van der Waals surface area contributed by atoms with E-state index in [4.69, 9.17) is 12.4 Å². The van der Waals surface area contributed by atoms with E-state index in [2.05, 4.69) is 26.2 Å². The number of benzene rings is 1. The van der Waals surface area contributed by atoms with Crippen molar-refractivity contribution in [1.82, 2.24) is 0 Å². The molecule has 0 unspecified atom stereocenters. The lowest BCUT2D eigenvalue weighted by Crippen LogP contribution is -2.06. The number of nitrogen functional groups attached to an aromatic ring is 1. The van der Waals surface area contributed by atoms with Crippen LogP contribution < -0.4 is 11.3 Å². The van der Waals surface area contributed by atoms with Gasteiger partial charge in [-0.1, -0.05) is 15.9 Å². The monoisotopic (exact) mass is 211 g/mol. The van der Waals surface area contributed by atoms with E-state index in [0.29, 0.717) is 5.69 Å². The van der Waals surface area contributed by atoms with Crippen molar-refractivity contribution in [3.05, 3.63) is 34.1 Å². The zero-order chi connectivity index (χ0) is 8.27. The fraction of sp³-hybridized carbons (Fsp3) is 0. The molecule has 0 bridgehead atoms. The van der Waals surface area contributed by atoms with Crippen molar-refractivity contribution in [2.45, 2.75) is 0 Å². The van der Waals surface area contributed by atoms with E-state index in [1.807, 2.05) is 0 Å². The van der Waals surface area contributed by atoms with Crippen LogP contribution in [0.3, 0.4) is 0 Å². The van der Waals surface area contributed by atoms with E-state index in [9.17, 15) is 0 Å². The third kappa shape index (κ3) is 1.93. The van der Waals surface area contributed by atoms with Gasteiger partial charge >= 0.3 is 0 Å². The standard InChI is InChI=1S/C7H6BrN3/c1-10-6-2-5(8)3-7(4-6)11-9/h2-4,11H,9H2. The normalized spacial score (nSPS) is 8.82. The highest BCUT2D eigenvalue weighted by atomic mass is 79.9. The molecule has 0 heterocycles. The predicted octanol–water partition coefficient (Wildman–Crippen LogP) is 2.29. The molecule has 11 heavy (non-hydrogen) atoms. The van der Waals surface area contributed by atoms with Crippen LogP contribution in [0.5, 0.6) is 0 Å². The molecule has 1 aromatic carbocycles. The second-order valence-corrected chi connectivity index (χ2v) is 2.87. The molecule has 0 aliphatic carbocycles. The maximum Gasteiger partial charge on any atom is 0.190 e. The average molecular weight is 212 g/mol. The molecule has 0 aliphatic heterocycles. The molecule has 0 saturated carbocycles. The Morgan fingerprint density at radius 1 is 1.45 bits per heavy atom. The molecule has 3 N–H and O–H groups in total. The second-order valence-electron chi connectivity index (χ2n) is 1.95. The van der Waals surface area contributed by atoms with Crippen molar-refractivity contribution in [2.24, 2.45) is 5.84 Å². The first-order valence-electron chi connectivity index (χ1n) is 2.91. The second kappa shape index (κ2) is 3.37. The van der Waals surface area contributed by atoms with Gasteiger partial charge in [0.15, 0.2) is 5.69 Å². The van der Waals surface area contributed by atoms with Crippen LogP contribution in [-0.4, -0.2) is 0 Å². The third-order valence-corrected chi connectivity index (χ3v) is 1.64. The number of rotatable bonds is 1. The number of halogens is 1. The van der Waals surface area contributed by atoms with Crippen molar-refractivity contribution >= 4 is 27.3 Å². The lowest BCUT2D eigenvalue weighted by molar-refractivity contribution is 1.35. The molecule has 1 rings (SSSR count). The van der Waals surface area contributed by atoms with Crippen molar-refractivity contribution in [2.75, 3.05) is 5.43 Å². The van der Waals surface area contributed by atoms with Gasteiger partial charge in [0.25, 0.3) is 0 Å². The zero-order valence-electron chi connectivity index (χ0n) is 5.63. The number of hydrogen-bond acceptors (Lipinski definition) is 2. The van der Waals surface area contributed by atoms with E-state index in [1.54, 1.807) is 18.2 Å². The molecule has 0 radical (unpaired) electrons. The SMILES string of the molecule is [C-]#[N+]c1cc(Br)cc(NN)c1. The highest BCUT2D eigenvalue weighted by molar-refractivity contribution is 9.10. The van der Waals surface area contributed by atoms with Gasteiger partial charge in [0, 0.05) is 10.2 Å². The number of nitrogens with one attached hydrogen (secondary N) is 1. The molecule has 0 aliphatic rings. The van der Waals surface area contributed by atoms with Crippen LogP contribution in [0.2, 0.25) is 0 Å². The van der Waals surface area contributed by atoms with Gasteiger partial charge in [-0.15, -0.1) is 0 Å². The molecule has 0 saturated heterocycles. The minimum absolute atomic E-state index is 0.562. The Labute approximate surface area is 73.1 Å². The van der Waals surface area contributed by atoms with Gasteiger partial charge in [0.1, 0.15) is 0 Å². The van der Waals surface area contributed by atoms with Crippen LogP contribution in [0, 0.1) is 6.57 Å². The first-order chi connectivity index (χ1) is 5.26. The lowest BCUT2D eigenvalue weighted by atomic mass is 10.3. The smallest absolute Gasteiger partial charge is 0.190 e. The fourth-order valence-corrected chi connectivity index (χ4v) is 1.20. The van der Waals surface area contributed by atoms with Crippen LogP contribution in [0.1, 0.15) is 0 Å². The van der Waals surface area contributed by atoms with Gasteiger partial charge in [-0.25, -0.2) is 4.85 Å². The minimum Gasteiger partial charge on any atom is -0.325 e. The predicted molar refractivity (Wildman–Crippen MR) is 48.2 cm³/mol.